The minimum atomic E-state index is -4.31. The van der Waals surface area contributed by atoms with Crippen molar-refractivity contribution in [1.29, 1.82) is 0 Å². The van der Waals surface area contributed by atoms with Gasteiger partial charge in [0.05, 0.1) is 6.61 Å². The number of likely N-dealkylation sites (tertiary alicyclic amines) is 1. The number of halogens is 3. The maximum absolute atomic E-state index is 11.6. The van der Waals surface area contributed by atoms with E-state index < -0.39 is 18.8 Å². The number of hydrogen-bond donors (Lipinski definition) is 1. The molecule has 0 saturated carbocycles. The van der Waals surface area contributed by atoms with Crippen LogP contribution in [0.4, 0.5) is 13.2 Å². The second-order valence-electron chi connectivity index (χ2n) is 3.06. The summed E-state index contributed by atoms with van der Waals surface area (Å²) in [6.45, 7) is -0.824. The first-order valence-electron chi connectivity index (χ1n) is 4.09. The third kappa shape index (κ3) is 3.15. The lowest BCUT2D eigenvalue weighted by Crippen LogP contribution is -2.61. The van der Waals surface area contributed by atoms with Gasteiger partial charge in [0, 0.05) is 13.1 Å². The van der Waals surface area contributed by atoms with Crippen LogP contribution in [0.5, 0.6) is 0 Å². The zero-order chi connectivity index (χ0) is 10.8. The molecular weight excluding hydrogens is 201 g/mol. The summed E-state index contributed by atoms with van der Waals surface area (Å²) < 4.78 is 39.1. The van der Waals surface area contributed by atoms with Crippen molar-refractivity contribution in [3.8, 4) is 0 Å². The second kappa shape index (κ2) is 4.14. The molecule has 1 atom stereocenters. The van der Waals surface area contributed by atoms with Gasteiger partial charge < -0.3 is 15.4 Å². The van der Waals surface area contributed by atoms with E-state index in [1.165, 1.54) is 4.90 Å². The minimum absolute atomic E-state index is 0.113. The minimum Gasteiger partial charge on any atom is -0.370 e. The zero-order valence-electron chi connectivity index (χ0n) is 7.38. The first-order chi connectivity index (χ1) is 6.40. The Labute approximate surface area is 78.8 Å². The normalized spacial score (nSPS) is 22.4. The Balaban J connectivity index is 2.03. The van der Waals surface area contributed by atoms with Gasteiger partial charge in [-0.1, -0.05) is 0 Å². The monoisotopic (exact) mass is 212 g/mol. The van der Waals surface area contributed by atoms with E-state index in [0.717, 1.165) is 0 Å². The molecule has 7 heteroatoms. The molecule has 0 aliphatic carbocycles. The number of rotatable bonds is 4. The van der Waals surface area contributed by atoms with Crippen LogP contribution in [0.25, 0.3) is 0 Å². The van der Waals surface area contributed by atoms with Gasteiger partial charge in [-0.2, -0.15) is 13.2 Å². The molecule has 1 rings (SSSR count). The molecule has 0 aromatic heterocycles. The predicted octanol–water partition coefficient (Wildman–Crippen LogP) is -0.265. The van der Waals surface area contributed by atoms with Gasteiger partial charge in [0.15, 0.2) is 0 Å². The maximum Gasteiger partial charge on any atom is 0.411 e. The number of carbonyl (C=O) groups excluding carboxylic acids is 1. The molecule has 2 N–H and O–H groups in total. The highest BCUT2D eigenvalue weighted by Crippen LogP contribution is 2.14. The molecule has 1 fully saturated rings. The number of nitrogens with zero attached hydrogens (tertiary/aromatic N) is 1. The second-order valence-corrected chi connectivity index (χ2v) is 3.06. The van der Waals surface area contributed by atoms with Crippen molar-refractivity contribution in [2.75, 3.05) is 26.3 Å². The van der Waals surface area contributed by atoms with Crippen LogP contribution in [-0.2, 0) is 9.53 Å². The quantitative estimate of drug-likeness (QED) is 0.515. The van der Waals surface area contributed by atoms with Crippen LogP contribution in [0.15, 0.2) is 0 Å². The smallest absolute Gasteiger partial charge is 0.370 e. The van der Waals surface area contributed by atoms with Gasteiger partial charge in [-0.05, 0) is 0 Å². The van der Waals surface area contributed by atoms with Crippen molar-refractivity contribution in [1.82, 2.24) is 4.90 Å². The molecule has 0 spiro atoms. The molecule has 0 radical (unpaired) electrons. The van der Waals surface area contributed by atoms with Crippen LogP contribution >= 0.6 is 0 Å². The van der Waals surface area contributed by atoms with Gasteiger partial charge in [-0.3, -0.25) is 4.79 Å². The molecule has 1 heterocycles. The standard InChI is InChI=1S/C7H11F3N2O2/c8-7(9,10)4-14-2-1-12-3-5(11)6(12)13/h5H,1-4,11H2. The van der Waals surface area contributed by atoms with E-state index >= 15 is 0 Å². The average molecular weight is 212 g/mol. The molecule has 1 amide bonds. The van der Waals surface area contributed by atoms with Gasteiger partial charge in [0.1, 0.15) is 12.6 Å². The molecule has 0 aromatic carbocycles. The van der Waals surface area contributed by atoms with Crippen LogP contribution in [-0.4, -0.2) is 49.3 Å². The van der Waals surface area contributed by atoms with E-state index in [2.05, 4.69) is 4.74 Å². The predicted molar refractivity (Wildman–Crippen MR) is 41.4 cm³/mol. The first kappa shape index (κ1) is 11.3. The Hall–Kier alpha value is -0.820. The van der Waals surface area contributed by atoms with E-state index in [4.69, 9.17) is 5.73 Å². The summed E-state index contributed by atoms with van der Waals surface area (Å²) in [6.07, 6.45) is -4.31. The number of hydrogen-bond acceptors (Lipinski definition) is 3. The molecule has 1 aliphatic heterocycles. The van der Waals surface area contributed by atoms with Crippen molar-refractivity contribution < 1.29 is 22.7 Å². The summed E-state index contributed by atoms with van der Waals surface area (Å²) in [4.78, 5) is 12.2. The van der Waals surface area contributed by atoms with E-state index in [0.29, 0.717) is 6.54 Å². The average Bonchev–Trinajstić information content (AvgIpc) is 2.08. The van der Waals surface area contributed by atoms with Gasteiger partial charge in [0.2, 0.25) is 5.91 Å². The summed E-state index contributed by atoms with van der Waals surface area (Å²) in [6, 6.07) is -0.488. The highest BCUT2D eigenvalue weighted by molar-refractivity contribution is 5.87. The fourth-order valence-electron chi connectivity index (χ4n) is 1.09. The Kier molecular flexibility index (Phi) is 3.33. The molecule has 82 valence electrons. The fraction of sp³-hybridized carbons (Fsp3) is 0.857. The number of β-lactam (4-membered cyclic amide) rings is 1. The lowest BCUT2D eigenvalue weighted by Gasteiger charge is -2.35. The molecule has 4 nitrogen and oxygen atoms in total. The fourth-order valence-corrected chi connectivity index (χ4v) is 1.09. The molecule has 14 heavy (non-hydrogen) atoms. The van der Waals surface area contributed by atoms with Gasteiger partial charge >= 0.3 is 6.18 Å². The molecule has 0 aromatic rings. The number of ether oxygens (including phenoxy) is 1. The molecule has 1 saturated heterocycles. The first-order valence-corrected chi connectivity index (χ1v) is 4.09. The van der Waals surface area contributed by atoms with Crippen molar-refractivity contribution in [3.63, 3.8) is 0 Å². The summed E-state index contributed by atoms with van der Waals surface area (Å²) >= 11 is 0. The topological polar surface area (TPSA) is 55.6 Å². The number of amides is 1. The van der Waals surface area contributed by atoms with Gasteiger partial charge in [0.25, 0.3) is 0 Å². The largest absolute Gasteiger partial charge is 0.411 e. The van der Waals surface area contributed by atoms with E-state index in [9.17, 15) is 18.0 Å². The van der Waals surface area contributed by atoms with Crippen molar-refractivity contribution in [2.45, 2.75) is 12.2 Å². The third-order valence-corrected chi connectivity index (χ3v) is 1.82. The highest BCUT2D eigenvalue weighted by atomic mass is 19.4. The number of alkyl halides is 3. The molecule has 1 unspecified atom stereocenters. The van der Waals surface area contributed by atoms with Crippen LogP contribution < -0.4 is 5.73 Å². The molecular formula is C7H11F3N2O2. The van der Waals surface area contributed by atoms with Crippen LogP contribution in [0, 0.1) is 0 Å². The maximum atomic E-state index is 11.6. The Morgan fingerprint density at radius 1 is 1.57 bits per heavy atom. The summed E-state index contributed by atoms with van der Waals surface area (Å²) in [5.41, 5.74) is 5.27. The Morgan fingerprint density at radius 3 is 2.64 bits per heavy atom. The zero-order valence-corrected chi connectivity index (χ0v) is 7.38. The third-order valence-electron chi connectivity index (χ3n) is 1.82. The van der Waals surface area contributed by atoms with Crippen molar-refractivity contribution in [3.05, 3.63) is 0 Å². The Morgan fingerprint density at radius 2 is 2.21 bits per heavy atom. The summed E-state index contributed by atoms with van der Waals surface area (Å²) in [5, 5.41) is 0. The molecule has 1 aliphatic rings. The van der Waals surface area contributed by atoms with Gasteiger partial charge in [-0.15, -0.1) is 0 Å². The highest BCUT2D eigenvalue weighted by Gasteiger charge is 2.33. The lowest BCUT2D eigenvalue weighted by molar-refractivity contribution is -0.175. The number of nitrogens with two attached hydrogens (primary N) is 1. The van der Waals surface area contributed by atoms with Crippen molar-refractivity contribution in [2.24, 2.45) is 5.73 Å². The van der Waals surface area contributed by atoms with E-state index in [1.54, 1.807) is 0 Å². The van der Waals surface area contributed by atoms with Gasteiger partial charge in [-0.25, -0.2) is 0 Å². The van der Waals surface area contributed by atoms with E-state index in [-0.39, 0.29) is 19.1 Å². The Bertz CT molecular complexity index is 219. The number of carbonyl (C=O) groups is 1. The lowest BCUT2D eigenvalue weighted by atomic mass is 10.1. The van der Waals surface area contributed by atoms with Crippen LogP contribution in [0.3, 0.4) is 0 Å². The van der Waals surface area contributed by atoms with Crippen LogP contribution in [0.2, 0.25) is 0 Å². The van der Waals surface area contributed by atoms with Crippen LogP contribution in [0.1, 0.15) is 0 Å². The summed E-state index contributed by atoms with van der Waals surface area (Å²) in [5.74, 6) is -0.236. The SMILES string of the molecule is NC1CN(CCOCC(F)(F)F)C1=O. The summed E-state index contributed by atoms with van der Waals surface area (Å²) in [7, 11) is 0. The molecule has 0 bridgehead atoms. The van der Waals surface area contributed by atoms with E-state index in [1.807, 2.05) is 0 Å². The van der Waals surface area contributed by atoms with Crippen molar-refractivity contribution >= 4 is 5.91 Å².